The Morgan fingerprint density at radius 2 is 1.33 bits per heavy atom. The summed E-state index contributed by atoms with van der Waals surface area (Å²) >= 11 is 0. The van der Waals surface area contributed by atoms with Crippen molar-refractivity contribution in [3.05, 3.63) is 34.8 Å². The van der Waals surface area contributed by atoms with Crippen molar-refractivity contribution in [2.75, 3.05) is 0 Å². The van der Waals surface area contributed by atoms with Crippen molar-refractivity contribution in [3.63, 3.8) is 0 Å². The monoisotopic (exact) mass is 164 g/mol. The summed E-state index contributed by atoms with van der Waals surface area (Å²) in [6.07, 6.45) is 2.15. The fourth-order valence-corrected chi connectivity index (χ4v) is 0.630. The smallest absolute Gasteiger partial charge is 0.344 e. The molecule has 0 fully saturated rings. The van der Waals surface area contributed by atoms with Crippen molar-refractivity contribution < 1.29 is 19.8 Å². The normalized spacial score (nSPS) is 13.7. The number of carboxylic acids is 2. The van der Waals surface area contributed by atoms with Crippen LogP contribution in [0.3, 0.4) is 0 Å². The Morgan fingerprint density at radius 3 is 1.50 bits per heavy atom. The van der Waals surface area contributed by atoms with Crippen LogP contribution in [0.15, 0.2) is 34.8 Å². The highest BCUT2D eigenvalue weighted by Crippen LogP contribution is 2.04. The van der Waals surface area contributed by atoms with Gasteiger partial charge in [0.25, 0.3) is 0 Å². The molecule has 1 aliphatic rings. The molecule has 4 nitrogen and oxygen atoms in total. The number of carbonyl (C=O) groups is 2. The molecular formula is C8H4O4. The van der Waals surface area contributed by atoms with Crippen LogP contribution in [0.2, 0.25) is 0 Å². The molecule has 0 amide bonds. The van der Waals surface area contributed by atoms with Crippen LogP contribution in [0.1, 0.15) is 0 Å². The first-order valence-corrected chi connectivity index (χ1v) is 3.01. The lowest BCUT2D eigenvalue weighted by atomic mass is 10.1. The third kappa shape index (κ3) is 1.52. The van der Waals surface area contributed by atoms with Gasteiger partial charge in [-0.2, -0.15) is 0 Å². The molecule has 0 aromatic heterocycles. The maximum atomic E-state index is 10.3. The first-order valence-electron chi connectivity index (χ1n) is 3.01. The second-order valence-corrected chi connectivity index (χ2v) is 2.02. The first kappa shape index (κ1) is 8.08. The molecule has 60 valence electrons. The van der Waals surface area contributed by atoms with Gasteiger partial charge in [0, 0.05) is 12.2 Å². The number of hydrogen-bond donors (Lipinski definition) is 2. The van der Waals surface area contributed by atoms with E-state index in [1.807, 2.05) is 0 Å². The molecule has 1 rings (SSSR count). The summed E-state index contributed by atoms with van der Waals surface area (Å²) in [6, 6.07) is 0. The van der Waals surface area contributed by atoms with Gasteiger partial charge in [0.2, 0.25) is 0 Å². The van der Waals surface area contributed by atoms with Crippen molar-refractivity contribution in [1.29, 1.82) is 0 Å². The standard InChI is InChI=1S/C8H4O4/c9-7(10)5-1-2-6(4-3-5)8(11)12/h1,4H,(H,9,10)(H,11,12). The molecule has 0 bridgehead atoms. The summed E-state index contributed by atoms with van der Waals surface area (Å²) in [5, 5.41) is 16.8. The van der Waals surface area contributed by atoms with E-state index < -0.39 is 11.9 Å². The summed E-state index contributed by atoms with van der Waals surface area (Å²) in [4.78, 5) is 20.6. The van der Waals surface area contributed by atoms with Gasteiger partial charge in [-0.1, -0.05) is 0 Å². The Balaban J connectivity index is 3.01. The lowest BCUT2D eigenvalue weighted by Crippen LogP contribution is -2.00. The van der Waals surface area contributed by atoms with Gasteiger partial charge in [-0.15, -0.1) is 11.5 Å². The highest BCUT2D eigenvalue weighted by Gasteiger charge is 2.07. The van der Waals surface area contributed by atoms with E-state index in [0.717, 1.165) is 12.2 Å². The molecular weight excluding hydrogens is 160 g/mol. The molecule has 0 saturated heterocycles. The Labute approximate surface area is 67.4 Å². The van der Waals surface area contributed by atoms with E-state index in [9.17, 15) is 9.59 Å². The van der Waals surface area contributed by atoms with Gasteiger partial charge in [0.1, 0.15) is 11.1 Å². The molecule has 1 aliphatic carbocycles. The topological polar surface area (TPSA) is 74.6 Å². The lowest BCUT2D eigenvalue weighted by molar-refractivity contribution is -0.133. The highest BCUT2D eigenvalue weighted by atomic mass is 16.4. The van der Waals surface area contributed by atoms with Crippen LogP contribution in [0.4, 0.5) is 0 Å². The molecule has 12 heavy (non-hydrogen) atoms. The molecule has 0 aromatic carbocycles. The molecule has 0 aliphatic heterocycles. The van der Waals surface area contributed by atoms with Crippen LogP contribution < -0.4 is 0 Å². The minimum Gasteiger partial charge on any atom is -0.477 e. The maximum absolute atomic E-state index is 10.3. The second-order valence-electron chi connectivity index (χ2n) is 2.02. The fraction of sp³-hybridized carbons (Fsp3) is 0. The Hall–Kier alpha value is -2.02. The first-order chi connectivity index (χ1) is 5.61. The summed E-state index contributed by atoms with van der Waals surface area (Å²) < 4.78 is 0. The van der Waals surface area contributed by atoms with Crippen LogP contribution >= 0.6 is 0 Å². The Kier molecular flexibility index (Phi) is 1.97. The number of carboxylic acid groups (broad SMARTS) is 2. The van der Waals surface area contributed by atoms with Crippen molar-refractivity contribution in [3.8, 4) is 0 Å². The molecule has 4 heteroatoms. The fourth-order valence-electron chi connectivity index (χ4n) is 0.630. The van der Waals surface area contributed by atoms with E-state index in [1.165, 1.54) is 0 Å². The minimum absolute atomic E-state index is 0.0972. The summed E-state index contributed by atoms with van der Waals surface area (Å²) in [5.74, 6) is -2.30. The summed E-state index contributed by atoms with van der Waals surface area (Å²) in [5.41, 5.74) is 4.42. The van der Waals surface area contributed by atoms with Gasteiger partial charge in [0.05, 0.1) is 0 Å². The third-order valence-corrected chi connectivity index (χ3v) is 1.20. The average Bonchev–Trinajstić information content (AvgIpc) is 2.04. The van der Waals surface area contributed by atoms with E-state index in [4.69, 9.17) is 10.2 Å². The van der Waals surface area contributed by atoms with Gasteiger partial charge in [-0.25, -0.2) is 9.59 Å². The van der Waals surface area contributed by atoms with E-state index in [-0.39, 0.29) is 11.1 Å². The summed E-state index contributed by atoms with van der Waals surface area (Å²) in [7, 11) is 0. The molecule has 0 unspecified atom stereocenters. The Morgan fingerprint density at radius 1 is 1.00 bits per heavy atom. The zero-order valence-electron chi connectivity index (χ0n) is 5.87. The van der Waals surface area contributed by atoms with E-state index in [0.29, 0.717) is 0 Å². The van der Waals surface area contributed by atoms with Gasteiger partial charge in [0.15, 0.2) is 0 Å². The van der Waals surface area contributed by atoms with Crippen molar-refractivity contribution in [1.82, 2.24) is 0 Å². The van der Waals surface area contributed by atoms with Gasteiger partial charge in [-0.3, -0.25) is 0 Å². The van der Waals surface area contributed by atoms with Gasteiger partial charge >= 0.3 is 11.9 Å². The SMILES string of the molecule is O=C(O)C1=C=CC(C(=O)O)=C=C1. The van der Waals surface area contributed by atoms with Crippen molar-refractivity contribution in [2.45, 2.75) is 0 Å². The van der Waals surface area contributed by atoms with Gasteiger partial charge in [-0.05, 0) is 0 Å². The quantitative estimate of drug-likeness (QED) is 0.577. The molecule has 0 atom stereocenters. The number of aliphatic carboxylic acids is 2. The molecule has 0 spiro atoms. The number of hydrogen-bond acceptors (Lipinski definition) is 2. The van der Waals surface area contributed by atoms with Crippen LogP contribution in [-0.4, -0.2) is 22.2 Å². The minimum atomic E-state index is -1.15. The molecule has 0 heterocycles. The molecule has 2 N–H and O–H groups in total. The van der Waals surface area contributed by atoms with Crippen molar-refractivity contribution in [2.24, 2.45) is 0 Å². The summed E-state index contributed by atoms with van der Waals surface area (Å²) in [6.45, 7) is 0. The Bertz CT molecular complexity index is 336. The van der Waals surface area contributed by atoms with Crippen LogP contribution in [0, 0.1) is 0 Å². The van der Waals surface area contributed by atoms with E-state index in [2.05, 4.69) is 11.5 Å². The highest BCUT2D eigenvalue weighted by molar-refractivity contribution is 5.94. The van der Waals surface area contributed by atoms with Crippen LogP contribution in [0.25, 0.3) is 0 Å². The predicted octanol–water partition coefficient (Wildman–Crippen LogP) is 0.332. The zero-order chi connectivity index (χ0) is 9.14. The third-order valence-electron chi connectivity index (χ3n) is 1.20. The second kappa shape index (κ2) is 2.93. The molecule has 0 aromatic rings. The van der Waals surface area contributed by atoms with E-state index in [1.54, 1.807) is 0 Å². The number of rotatable bonds is 2. The van der Waals surface area contributed by atoms with Gasteiger partial charge < -0.3 is 10.2 Å². The lowest BCUT2D eigenvalue weighted by Gasteiger charge is -1.92. The zero-order valence-corrected chi connectivity index (χ0v) is 5.87. The average molecular weight is 164 g/mol. The largest absolute Gasteiger partial charge is 0.477 e. The molecule has 0 saturated carbocycles. The molecule has 0 radical (unpaired) electrons. The van der Waals surface area contributed by atoms with E-state index >= 15 is 0 Å². The van der Waals surface area contributed by atoms with Crippen LogP contribution in [0.5, 0.6) is 0 Å². The van der Waals surface area contributed by atoms with Crippen LogP contribution in [-0.2, 0) is 9.59 Å². The maximum Gasteiger partial charge on any atom is 0.344 e. The van der Waals surface area contributed by atoms with Crippen molar-refractivity contribution >= 4 is 11.9 Å². The predicted molar refractivity (Wildman–Crippen MR) is 38.5 cm³/mol.